The molecule has 0 saturated heterocycles. The van der Waals surface area contributed by atoms with Gasteiger partial charge < -0.3 is 19.3 Å². The van der Waals surface area contributed by atoms with Gasteiger partial charge in [-0.05, 0) is 47.7 Å². The van der Waals surface area contributed by atoms with Crippen LogP contribution in [0.5, 0.6) is 11.5 Å². The Bertz CT molecular complexity index is 1210. The fourth-order valence-corrected chi connectivity index (χ4v) is 5.10. The van der Waals surface area contributed by atoms with E-state index in [-0.39, 0.29) is 37.2 Å². The molecule has 3 aromatic rings. The molecule has 1 atom stereocenters. The van der Waals surface area contributed by atoms with E-state index < -0.39 is 11.7 Å². The molecule has 0 unspecified atom stereocenters. The number of rotatable bonds is 9. The second-order valence-corrected chi connectivity index (χ2v) is 9.10. The highest BCUT2D eigenvalue weighted by molar-refractivity contribution is 7.10. The zero-order valence-electron chi connectivity index (χ0n) is 19.5. The highest BCUT2D eigenvalue weighted by Crippen LogP contribution is 2.34. The largest absolute Gasteiger partial charge is 0.497 e. The van der Waals surface area contributed by atoms with Gasteiger partial charge >= 0.3 is 0 Å². The van der Waals surface area contributed by atoms with E-state index in [9.17, 15) is 14.0 Å². The lowest BCUT2D eigenvalue weighted by molar-refractivity contribution is -0.135. The Morgan fingerprint density at radius 3 is 2.77 bits per heavy atom. The fraction of sp³-hybridized carbons (Fsp3) is 0.259. The van der Waals surface area contributed by atoms with Crippen molar-refractivity contribution in [3.63, 3.8) is 0 Å². The maximum absolute atomic E-state index is 14.2. The maximum atomic E-state index is 14.2. The van der Waals surface area contributed by atoms with Crippen molar-refractivity contribution in [1.82, 2.24) is 9.80 Å². The van der Waals surface area contributed by atoms with Gasteiger partial charge in [0.15, 0.2) is 0 Å². The van der Waals surface area contributed by atoms with Crippen molar-refractivity contribution in [2.45, 2.75) is 12.5 Å². The molecule has 2 heterocycles. The van der Waals surface area contributed by atoms with Crippen molar-refractivity contribution in [3.8, 4) is 11.5 Å². The summed E-state index contributed by atoms with van der Waals surface area (Å²) in [7, 11) is 1.59. The Kier molecular flexibility index (Phi) is 7.82. The van der Waals surface area contributed by atoms with Crippen molar-refractivity contribution >= 4 is 23.2 Å². The van der Waals surface area contributed by atoms with Gasteiger partial charge in [0.2, 0.25) is 5.91 Å². The highest BCUT2D eigenvalue weighted by Gasteiger charge is 2.33. The molecule has 6 nitrogen and oxygen atoms in total. The molecule has 0 bridgehead atoms. The predicted octanol–water partition coefficient (Wildman–Crippen LogP) is 4.73. The zero-order chi connectivity index (χ0) is 24.8. The number of hydrogen-bond acceptors (Lipinski definition) is 5. The van der Waals surface area contributed by atoms with Crippen LogP contribution in [0.2, 0.25) is 0 Å². The van der Waals surface area contributed by atoms with Gasteiger partial charge in [-0.1, -0.05) is 24.3 Å². The van der Waals surface area contributed by atoms with Crippen molar-refractivity contribution < 1.29 is 23.5 Å². The van der Waals surface area contributed by atoms with Crippen LogP contribution in [0, 0.1) is 5.82 Å². The number of methoxy groups -OCH3 is 1. The Morgan fingerprint density at radius 1 is 1.20 bits per heavy atom. The van der Waals surface area contributed by atoms with Gasteiger partial charge in [0.25, 0.3) is 5.91 Å². The molecular weight excluding hydrogens is 467 g/mol. The first-order valence-corrected chi connectivity index (χ1v) is 12.2. The minimum atomic E-state index is -0.621. The molecule has 182 valence electrons. The van der Waals surface area contributed by atoms with E-state index in [0.29, 0.717) is 18.0 Å². The molecule has 1 aromatic heterocycles. The SMILES string of the molecule is C=CCN(CC(=O)N1CCc2sccc2[C@@H]1COc1cccc(OC)c1)C(=O)c1ccccc1F. The Balaban J connectivity index is 1.53. The van der Waals surface area contributed by atoms with Gasteiger partial charge in [-0.2, -0.15) is 0 Å². The van der Waals surface area contributed by atoms with E-state index in [1.807, 2.05) is 29.6 Å². The van der Waals surface area contributed by atoms with Crippen molar-refractivity contribution in [3.05, 3.63) is 94.5 Å². The number of amides is 2. The van der Waals surface area contributed by atoms with Gasteiger partial charge in [-0.15, -0.1) is 17.9 Å². The number of thiophene rings is 1. The first-order valence-electron chi connectivity index (χ1n) is 11.3. The minimum absolute atomic E-state index is 0.0705. The lowest BCUT2D eigenvalue weighted by Crippen LogP contribution is -2.48. The number of benzene rings is 2. The first kappa shape index (κ1) is 24.5. The molecular formula is C27H27FN2O4S. The Morgan fingerprint density at radius 2 is 2.00 bits per heavy atom. The summed E-state index contributed by atoms with van der Waals surface area (Å²) < 4.78 is 25.6. The van der Waals surface area contributed by atoms with Crippen molar-refractivity contribution in [1.29, 1.82) is 0 Å². The van der Waals surface area contributed by atoms with E-state index in [2.05, 4.69) is 6.58 Å². The summed E-state index contributed by atoms with van der Waals surface area (Å²) in [5.41, 5.74) is 0.979. The second-order valence-electron chi connectivity index (χ2n) is 8.10. The van der Waals surface area contributed by atoms with Gasteiger partial charge in [-0.25, -0.2) is 4.39 Å². The third-order valence-electron chi connectivity index (χ3n) is 5.93. The third kappa shape index (κ3) is 5.54. The molecule has 1 aliphatic rings. The number of ether oxygens (including phenoxy) is 2. The Labute approximate surface area is 208 Å². The number of fused-ring (bicyclic) bond motifs is 1. The van der Waals surface area contributed by atoms with Gasteiger partial charge in [0, 0.05) is 24.0 Å². The average molecular weight is 495 g/mol. The van der Waals surface area contributed by atoms with Crippen LogP contribution in [0.15, 0.2) is 72.6 Å². The number of hydrogen-bond donors (Lipinski definition) is 0. The molecule has 8 heteroatoms. The van der Waals surface area contributed by atoms with E-state index in [1.54, 1.807) is 35.5 Å². The van der Waals surface area contributed by atoms with Crippen LogP contribution in [-0.4, -0.2) is 55.0 Å². The topological polar surface area (TPSA) is 59.1 Å². The smallest absolute Gasteiger partial charge is 0.257 e. The van der Waals surface area contributed by atoms with Crippen LogP contribution in [0.4, 0.5) is 4.39 Å². The summed E-state index contributed by atoms with van der Waals surface area (Å²) in [5, 5.41) is 2.02. The van der Waals surface area contributed by atoms with E-state index in [1.165, 1.54) is 34.1 Å². The standard InChI is InChI=1S/C27H27FN2O4S/c1-3-13-29(27(32)21-9-4-5-10-23(21)28)17-26(31)30-14-11-25-22(12-15-35-25)24(30)18-34-20-8-6-7-19(16-20)33-2/h3-10,12,15-16,24H,1,11,13-14,17-18H2,2H3/t24-/m0/s1. The molecule has 0 N–H and O–H groups in total. The Hall–Kier alpha value is -3.65. The van der Waals surface area contributed by atoms with Gasteiger partial charge in [-0.3, -0.25) is 9.59 Å². The predicted molar refractivity (Wildman–Crippen MR) is 133 cm³/mol. The molecule has 0 radical (unpaired) electrons. The summed E-state index contributed by atoms with van der Waals surface area (Å²) in [6.45, 7) is 4.40. The highest BCUT2D eigenvalue weighted by atomic mass is 32.1. The molecule has 0 spiro atoms. The summed E-state index contributed by atoms with van der Waals surface area (Å²) >= 11 is 1.66. The van der Waals surface area contributed by atoms with E-state index in [0.717, 1.165) is 12.0 Å². The quantitative estimate of drug-likeness (QED) is 0.404. The minimum Gasteiger partial charge on any atom is -0.497 e. The van der Waals surface area contributed by atoms with Crippen molar-refractivity contribution in [2.24, 2.45) is 0 Å². The van der Waals surface area contributed by atoms with E-state index >= 15 is 0 Å². The molecule has 2 aromatic carbocycles. The molecule has 1 aliphatic heterocycles. The lowest BCUT2D eigenvalue weighted by Gasteiger charge is -2.37. The second kappa shape index (κ2) is 11.2. The van der Waals surface area contributed by atoms with Gasteiger partial charge in [0.1, 0.15) is 30.5 Å². The fourth-order valence-electron chi connectivity index (χ4n) is 4.17. The first-order chi connectivity index (χ1) is 17.0. The molecule has 0 saturated carbocycles. The summed E-state index contributed by atoms with van der Waals surface area (Å²) in [6.07, 6.45) is 2.26. The lowest BCUT2D eigenvalue weighted by atomic mass is 10.0. The van der Waals surface area contributed by atoms with Crippen LogP contribution in [0.3, 0.4) is 0 Å². The summed E-state index contributed by atoms with van der Waals surface area (Å²) in [4.78, 5) is 30.8. The molecule has 35 heavy (non-hydrogen) atoms. The molecule has 4 rings (SSSR count). The van der Waals surface area contributed by atoms with Gasteiger partial charge in [0.05, 0.1) is 18.7 Å². The number of carbonyl (C=O) groups is 2. The summed E-state index contributed by atoms with van der Waals surface area (Å²) in [5.74, 6) is -0.0741. The number of halogens is 1. The molecule has 0 aliphatic carbocycles. The van der Waals surface area contributed by atoms with E-state index in [4.69, 9.17) is 9.47 Å². The normalized spacial score (nSPS) is 14.7. The van der Waals surface area contributed by atoms with Crippen LogP contribution < -0.4 is 9.47 Å². The van der Waals surface area contributed by atoms with Crippen LogP contribution >= 0.6 is 11.3 Å². The van der Waals surface area contributed by atoms with Crippen molar-refractivity contribution in [2.75, 3.05) is 33.4 Å². The van der Waals surface area contributed by atoms with Crippen LogP contribution in [-0.2, 0) is 11.2 Å². The average Bonchev–Trinajstić information content (AvgIpc) is 3.36. The summed E-state index contributed by atoms with van der Waals surface area (Å²) in [6, 6.07) is 14.8. The maximum Gasteiger partial charge on any atom is 0.257 e. The van der Waals surface area contributed by atoms with Crippen LogP contribution in [0.1, 0.15) is 26.8 Å². The monoisotopic (exact) mass is 494 g/mol. The van der Waals surface area contributed by atoms with Crippen LogP contribution in [0.25, 0.3) is 0 Å². The number of carbonyl (C=O) groups excluding carboxylic acids is 2. The zero-order valence-corrected chi connectivity index (χ0v) is 20.3. The molecule has 2 amide bonds. The third-order valence-corrected chi connectivity index (χ3v) is 6.93. The molecule has 0 fully saturated rings. The number of nitrogens with zero attached hydrogens (tertiary/aromatic N) is 2.